The summed E-state index contributed by atoms with van der Waals surface area (Å²) in [6.45, 7) is 0. The second-order valence-corrected chi connectivity index (χ2v) is 21.3. The minimum atomic E-state index is 0.464. The van der Waals surface area contributed by atoms with Crippen LogP contribution in [0.5, 0.6) is 0 Å². The standard InChI is InChI=1S/C78H46N8/c79-47-50-19-25-55(26-20-50)56-31-33-59(34-32-56)76-82-77(66-39-35-62(57-27-21-51(48-80)22-28-57)45-74(66)85-70-17-9-7-15-64(70)68-43-60(37-41-72(68)85)53-11-3-1-4-12-53)84-78(83-76)67-40-36-63(58-29-23-52(49-81)24-30-58)46-75(67)86-71-18-10-8-16-65(71)69-44-61(38-42-73(69)86)54-13-5-2-6-14-54/h1-46H. The van der Waals surface area contributed by atoms with Crippen molar-refractivity contribution in [3.05, 3.63) is 296 Å². The lowest BCUT2D eigenvalue weighted by atomic mass is 9.99. The van der Waals surface area contributed by atoms with E-state index in [1.807, 2.05) is 84.9 Å². The maximum atomic E-state index is 9.82. The molecule has 0 saturated carbocycles. The summed E-state index contributed by atoms with van der Waals surface area (Å²) in [6.07, 6.45) is 0. The van der Waals surface area contributed by atoms with Gasteiger partial charge in [-0.3, -0.25) is 0 Å². The van der Waals surface area contributed by atoms with Crippen molar-refractivity contribution >= 4 is 43.6 Å². The molecule has 86 heavy (non-hydrogen) atoms. The molecule has 15 rings (SSSR count). The highest BCUT2D eigenvalue weighted by molar-refractivity contribution is 6.12. The van der Waals surface area contributed by atoms with Crippen LogP contribution in [-0.4, -0.2) is 24.1 Å². The number of hydrogen-bond donors (Lipinski definition) is 0. The van der Waals surface area contributed by atoms with Crippen LogP contribution in [0, 0.1) is 34.0 Å². The van der Waals surface area contributed by atoms with Gasteiger partial charge in [0, 0.05) is 38.2 Å². The lowest BCUT2D eigenvalue weighted by Gasteiger charge is -2.18. The van der Waals surface area contributed by atoms with Crippen LogP contribution >= 0.6 is 0 Å². The first-order chi connectivity index (χ1) is 42.5. The molecule has 0 spiro atoms. The van der Waals surface area contributed by atoms with E-state index >= 15 is 0 Å². The molecular formula is C78H46N8. The number of benzene rings is 12. The molecule has 3 aromatic heterocycles. The molecule has 0 saturated heterocycles. The van der Waals surface area contributed by atoms with Crippen LogP contribution in [0.25, 0.3) is 145 Å². The third-order valence-electron chi connectivity index (χ3n) is 16.3. The van der Waals surface area contributed by atoms with Gasteiger partial charge in [-0.15, -0.1) is 0 Å². The van der Waals surface area contributed by atoms with Crippen molar-refractivity contribution in [1.82, 2.24) is 24.1 Å². The predicted molar refractivity (Wildman–Crippen MR) is 346 cm³/mol. The minimum Gasteiger partial charge on any atom is -0.308 e. The Kier molecular flexibility index (Phi) is 12.5. The molecule has 0 amide bonds. The van der Waals surface area contributed by atoms with E-state index in [9.17, 15) is 15.8 Å². The van der Waals surface area contributed by atoms with E-state index in [4.69, 9.17) is 15.0 Å². The third kappa shape index (κ3) is 8.99. The number of rotatable bonds is 10. The molecule has 0 radical (unpaired) electrons. The van der Waals surface area contributed by atoms with Gasteiger partial charge in [-0.1, -0.05) is 182 Å². The average Bonchev–Trinajstić information content (AvgIpc) is 1.74. The second-order valence-electron chi connectivity index (χ2n) is 21.3. The Morgan fingerprint density at radius 3 is 0.930 bits per heavy atom. The predicted octanol–water partition coefficient (Wildman–Crippen LogP) is 19.0. The SMILES string of the molecule is N#Cc1ccc(-c2ccc(-c3nc(-c4ccc(-c5ccc(C#N)cc5)cc4-n4c5ccccc5c5cc(-c6ccccc6)ccc54)nc(-c4ccc(-c5ccc(C#N)cc5)cc4-n4c5ccccc5c5cc(-c6ccccc6)ccc54)n3)cc2)cc1. The molecule has 3 heterocycles. The van der Waals surface area contributed by atoms with Gasteiger partial charge < -0.3 is 9.13 Å². The summed E-state index contributed by atoms with van der Waals surface area (Å²) in [5.74, 6) is 1.41. The Balaban J connectivity index is 1.00. The fraction of sp³-hybridized carbons (Fsp3) is 0. The lowest BCUT2D eigenvalue weighted by molar-refractivity contribution is 1.06. The van der Waals surface area contributed by atoms with Gasteiger partial charge in [0.15, 0.2) is 17.5 Å². The number of nitriles is 3. The molecule has 0 atom stereocenters. The van der Waals surface area contributed by atoms with Gasteiger partial charge in [0.2, 0.25) is 0 Å². The topological polar surface area (TPSA) is 120 Å². The van der Waals surface area contributed by atoms with Crippen molar-refractivity contribution in [3.63, 3.8) is 0 Å². The number of nitrogens with zero attached hydrogens (tertiary/aromatic N) is 8. The zero-order valence-electron chi connectivity index (χ0n) is 46.1. The van der Waals surface area contributed by atoms with Gasteiger partial charge in [-0.05, 0) is 153 Å². The van der Waals surface area contributed by atoms with Crippen LogP contribution in [-0.2, 0) is 0 Å². The van der Waals surface area contributed by atoms with E-state index in [0.29, 0.717) is 34.2 Å². The van der Waals surface area contributed by atoms with Crippen molar-refractivity contribution in [3.8, 4) is 119 Å². The Morgan fingerprint density at radius 2 is 0.523 bits per heavy atom. The Hall–Kier alpha value is -12.3. The molecule has 12 aromatic carbocycles. The van der Waals surface area contributed by atoms with Crippen LogP contribution in [0.15, 0.2) is 279 Å². The molecule has 15 aromatic rings. The molecule has 8 nitrogen and oxygen atoms in total. The average molecular weight is 1100 g/mol. The Labute approximate surface area is 495 Å². The molecule has 0 aliphatic rings. The fourth-order valence-corrected chi connectivity index (χ4v) is 12.0. The summed E-state index contributed by atoms with van der Waals surface area (Å²) >= 11 is 0. The lowest BCUT2D eigenvalue weighted by Crippen LogP contribution is -2.06. The number of aromatic nitrogens is 5. The quantitative estimate of drug-likeness (QED) is 0.135. The van der Waals surface area contributed by atoms with Crippen molar-refractivity contribution < 1.29 is 0 Å². The van der Waals surface area contributed by atoms with Crippen LogP contribution in [0.2, 0.25) is 0 Å². The van der Waals surface area contributed by atoms with Crippen LogP contribution in [0.4, 0.5) is 0 Å². The number of para-hydroxylation sites is 2. The number of fused-ring (bicyclic) bond motifs is 6. The first-order valence-corrected chi connectivity index (χ1v) is 28.3. The summed E-state index contributed by atoms with van der Waals surface area (Å²) in [5, 5.41) is 33.6. The first-order valence-electron chi connectivity index (χ1n) is 28.3. The van der Waals surface area contributed by atoms with Crippen LogP contribution in [0.1, 0.15) is 16.7 Å². The Bertz CT molecular complexity index is 4990. The maximum Gasteiger partial charge on any atom is 0.166 e. The molecule has 0 unspecified atom stereocenters. The van der Waals surface area contributed by atoms with Gasteiger partial charge in [-0.2, -0.15) is 15.8 Å². The summed E-state index contributed by atoms with van der Waals surface area (Å²) in [4.78, 5) is 16.7. The zero-order chi connectivity index (χ0) is 57.7. The van der Waals surface area contributed by atoms with E-state index in [-0.39, 0.29) is 0 Å². The third-order valence-corrected chi connectivity index (χ3v) is 16.3. The monoisotopic (exact) mass is 1090 g/mol. The molecule has 0 fully saturated rings. The fourth-order valence-electron chi connectivity index (χ4n) is 12.0. The van der Waals surface area contributed by atoms with E-state index in [1.54, 1.807) is 0 Å². The van der Waals surface area contributed by atoms with E-state index < -0.39 is 0 Å². The molecule has 0 aliphatic heterocycles. The molecule has 0 N–H and O–H groups in total. The van der Waals surface area contributed by atoms with Gasteiger partial charge in [0.05, 0.1) is 68.3 Å². The summed E-state index contributed by atoms with van der Waals surface area (Å²) < 4.78 is 4.66. The molecule has 0 bridgehead atoms. The van der Waals surface area contributed by atoms with Gasteiger partial charge >= 0.3 is 0 Å². The van der Waals surface area contributed by atoms with Gasteiger partial charge in [-0.25, -0.2) is 15.0 Å². The van der Waals surface area contributed by atoms with E-state index in [0.717, 1.165) is 127 Å². The van der Waals surface area contributed by atoms with Crippen LogP contribution in [0.3, 0.4) is 0 Å². The van der Waals surface area contributed by atoms with Crippen molar-refractivity contribution in [1.29, 1.82) is 15.8 Å². The number of hydrogen-bond acceptors (Lipinski definition) is 6. The van der Waals surface area contributed by atoms with Crippen LogP contribution < -0.4 is 0 Å². The van der Waals surface area contributed by atoms with Crippen molar-refractivity contribution in [2.75, 3.05) is 0 Å². The summed E-state index contributed by atoms with van der Waals surface area (Å²) in [6, 6.07) is 102. The molecule has 398 valence electrons. The Morgan fingerprint density at radius 1 is 0.233 bits per heavy atom. The molecule has 0 aliphatic carbocycles. The normalized spacial score (nSPS) is 11.2. The molecular weight excluding hydrogens is 1050 g/mol. The highest BCUT2D eigenvalue weighted by atomic mass is 15.1. The minimum absolute atomic E-state index is 0.464. The highest BCUT2D eigenvalue weighted by Crippen LogP contribution is 2.43. The summed E-state index contributed by atoms with van der Waals surface area (Å²) in [5.41, 5.74) is 20.2. The second kappa shape index (κ2) is 21.2. The van der Waals surface area contributed by atoms with E-state index in [1.165, 1.54) is 0 Å². The zero-order valence-corrected chi connectivity index (χ0v) is 46.1. The molecule has 8 heteroatoms. The largest absolute Gasteiger partial charge is 0.308 e. The van der Waals surface area contributed by atoms with Crippen molar-refractivity contribution in [2.45, 2.75) is 0 Å². The first kappa shape index (κ1) is 50.7. The highest BCUT2D eigenvalue weighted by Gasteiger charge is 2.24. The van der Waals surface area contributed by atoms with Gasteiger partial charge in [0.25, 0.3) is 0 Å². The van der Waals surface area contributed by atoms with Crippen molar-refractivity contribution in [2.24, 2.45) is 0 Å². The summed E-state index contributed by atoms with van der Waals surface area (Å²) in [7, 11) is 0. The smallest absolute Gasteiger partial charge is 0.166 e. The maximum absolute atomic E-state index is 9.82. The van der Waals surface area contributed by atoms with Gasteiger partial charge in [0.1, 0.15) is 0 Å². The van der Waals surface area contributed by atoms with E-state index in [2.05, 4.69) is 221 Å².